The maximum atomic E-state index is 14.5. The quantitative estimate of drug-likeness (QED) is 0.152. The molecule has 5 amide bonds. The van der Waals surface area contributed by atoms with Gasteiger partial charge in [0.2, 0.25) is 11.8 Å². The molecule has 0 aliphatic carbocycles. The fourth-order valence-corrected chi connectivity index (χ4v) is 8.91. The van der Waals surface area contributed by atoms with Gasteiger partial charge in [0.25, 0.3) is 11.8 Å². The van der Waals surface area contributed by atoms with Gasteiger partial charge in [-0.25, -0.2) is 9.28 Å². The van der Waals surface area contributed by atoms with Gasteiger partial charge in [0.15, 0.2) is 6.04 Å². The fraction of sp³-hybridized carbons (Fsp3) is 0.587. The van der Waals surface area contributed by atoms with E-state index in [1.165, 1.54) is 0 Å². The zero-order valence-electron chi connectivity index (χ0n) is 36.5. The van der Waals surface area contributed by atoms with Crippen LogP contribution in [0.15, 0.2) is 60.2 Å². The van der Waals surface area contributed by atoms with Crippen LogP contribution in [0.1, 0.15) is 103 Å². The van der Waals surface area contributed by atoms with Crippen LogP contribution < -0.4 is 21.3 Å². The van der Waals surface area contributed by atoms with Crippen LogP contribution in [-0.2, 0) is 35.9 Å². The summed E-state index contributed by atoms with van der Waals surface area (Å²) in [5.74, 6) is -1.70. The molecule has 2 aromatic rings. The highest BCUT2D eigenvalue weighted by Gasteiger charge is 2.54. The predicted octanol–water partition coefficient (Wildman–Crippen LogP) is 5.23. The molecule has 0 spiro atoms. The van der Waals surface area contributed by atoms with E-state index in [4.69, 9.17) is 0 Å². The lowest BCUT2D eigenvalue weighted by atomic mass is 9.76. The molecule has 6 atom stereocenters. The third-order valence-corrected chi connectivity index (χ3v) is 12.2. The van der Waals surface area contributed by atoms with E-state index in [-0.39, 0.29) is 39.7 Å². The van der Waals surface area contributed by atoms with Gasteiger partial charge in [0, 0.05) is 36.4 Å². The first-order chi connectivity index (χ1) is 26.6. The van der Waals surface area contributed by atoms with E-state index in [1.54, 1.807) is 32.0 Å². The summed E-state index contributed by atoms with van der Waals surface area (Å²) in [5, 5.41) is 12.3. The van der Waals surface area contributed by atoms with Crippen molar-refractivity contribution in [3.05, 3.63) is 82.4 Å². The molecule has 0 saturated carbocycles. The van der Waals surface area contributed by atoms with E-state index >= 15 is 0 Å². The Morgan fingerprint density at radius 2 is 1.56 bits per heavy atom. The van der Waals surface area contributed by atoms with E-state index in [0.29, 0.717) is 25.9 Å². The highest BCUT2D eigenvalue weighted by atomic mass is 16.2. The summed E-state index contributed by atoms with van der Waals surface area (Å²) in [4.78, 5) is 72.2. The number of likely N-dealkylation sites (tertiary alicyclic amines) is 1. The normalized spacial score (nSPS) is 21.8. The van der Waals surface area contributed by atoms with E-state index in [0.717, 1.165) is 41.6 Å². The largest absolute Gasteiger partial charge is 0.342 e. The zero-order chi connectivity index (χ0) is 42.5. The average Bonchev–Trinajstić information content (AvgIpc) is 3.83. The molecule has 0 bridgehead atoms. The number of quaternary nitrogens is 1. The van der Waals surface area contributed by atoms with Crippen LogP contribution in [0.5, 0.6) is 0 Å². The Morgan fingerprint density at radius 1 is 0.930 bits per heavy atom. The molecule has 1 unspecified atom stereocenters. The lowest BCUT2D eigenvalue weighted by Gasteiger charge is -2.40. The number of likely N-dealkylation sites (N-methyl/N-ethyl adjacent to an activating group) is 2. The van der Waals surface area contributed by atoms with Crippen LogP contribution in [0.4, 0.5) is 0 Å². The molecule has 2 fully saturated rings. The maximum Gasteiger partial charge on any atom is 0.331 e. The Kier molecular flexibility index (Phi) is 14.8. The van der Waals surface area contributed by atoms with Crippen LogP contribution in [0.25, 0.3) is 0 Å². The summed E-state index contributed by atoms with van der Waals surface area (Å²) in [6.45, 7) is 21.1. The minimum Gasteiger partial charge on any atom is -0.342 e. The monoisotopic (exact) mass is 786 g/mol. The standard InChI is InChI=1S/C46H68N6O5/c1-29(2)36(51(12)43(56)39(45(6,7)8)49-42(55)38(47-11)46(9,10)34-25-30(3)24-31(4)26-34)27-32(5)40(53)50-41(54)37-21-17-23-52(37,28-33-18-14-13-15-19-33)44(57)35-20-16-22-48-35/h13-15,18-19,24-27,29,35-39,47-48H,16-17,20-23,28H2,1-12H3,(H-,49,50,53,54,55)/p+1/t35-,36+,37-,38+,39+,52?/m0/s1. The van der Waals surface area contributed by atoms with Crippen LogP contribution in [0, 0.1) is 25.2 Å². The second-order valence-electron chi connectivity index (χ2n) is 18.5. The molecule has 57 heavy (non-hydrogen) atoms. The number of benzene rings is 2. The van der Waals surface area contributed by atoms with Gasteiger partial charge in [-0.05, 0) is 64.1 Å². The van der Waals surface area contributed by atoms with Gasteiger partial charge in [0.1, 0.15) is 18.6 Å². The summed E-state index contributed by atoms with van der Waals surface area (Å²) in [6, 6.07) is 13.0. The number of nitrogens with one attached hydrogen (secondary N) is 4. The van der Waals surface area contributed by atoms with Crippen molar-refractivity contribution in [3.8, 4) is 0 Å². The Bertz CT molecular complexity index is 1790. The predicted molar refractivity (Wildman–Crippen MR) is 226 cm³/mol. The maximum absolute atomic E-state index is 14.5. The first-order valence-corrected chi connectivity index (χ1v) is 20.7. The Labute approximate surface area is 341 Å². The molecule has 0 radical (unpaired) electrons. The topological polar surface area (TPSA) is 137 Å². The van der Waals surface area contributed by atoms with E-state index < -0.39 is 46.8 Å². The summed E-state index contributed by atoms with van der Waals surface area (Å²) in [7, 11) is 3.45. The van der Waals surface area contributed by atoms with Gasteiger partial charge in [-0.2, -0.15) is 0 Å². The minimum atomic E-state index is -0.879. The lowest BCUT2D eigenvalue weighted by Crippen LogP contribution is -2.64. The van der Waals surface area contributed by atoms with E-state index in [9.17, 15) is 24.0 Å². The molecule has 2 aromatic carbocycles. The molecule has 11 heteroatoms. The summed E-state index contributed by atoms with van der Waals surface area (Å²) in [5.41, 5.74) is 3.25. The molecule has 4 rings (SSSR count). The number of nitrogens with zero attached hydrogens (tertiary/aromatic N) is 2. The van der Waals surface area contributed by atoms with Gasteiger partial charge < -0.3 is 20.9 Å². The first kappa shape index (κ1) is 45.5. The SMILES string of the molecule is CN[C@H](C(=O)N[C@H](C(=O)N(C)[C@H](C=C(C)C(=O)NC(=O)[C@@H]1CCC[N+]1(Cc1ccccc1)C(=O)[C@@H]1CCCN1)C(C)C)C(C)(C)C)C(C)(C)c1cc(C)cc(C)c1. The van der Waals surface area contributed by atoms with Crippen molar-refractivity contribution in [2.24, 2.45) is 11.3 Å². The minimum absolute atomic E-state index is 0.00378. The number of carbonyl (C=O) groups excluding carboxylic acids is 5. The summed E-state index contributed by atoms with van der Waals surface area (Å²) in [6.07, 6.45) is 4.54. The third-order valence-electron chi connectivity index (χ3n) is 12.2. The summed E-state index contributed by atoms with van der Waals surface area (Å²) < 4.78 is -0.0223. The Morgan fingerprint density at radius 3 is 2.11 bits per heavy atom. The number of aryl methyl sites for hydroxylation is 2. The lowest BCUT2D eigenvalue weighted by molar-refractivity contribution is -0.871. The molecule has 2 aliphatic rings. The van der Waals surface area contributed by atoms with Crippen molar-refractivity contribution >= 4 is 29.5 Å². The second-order valence-corrected chi connectivity index (χ2v) is 18.5. The van der Waals surface area contributed by atoms with Crippen LogP contribution in [-0.4, -0.2) is 96.3 Å². The molecular formula is C46H69N6O5+. The average molecular weight is 786 g/mol. The smallest absolute Gasteiger partial charge is 0.331 e. The molecule has 4 N–H and O–H groups in total. The number of hydrogen-bond donors (Lipinski definition) is 4. The third kappa shape index (κ3) is 10.5. The van der Waals surface area contributed by atoms with E-state index in [2.05, 4.69) is 39.5 Å². The van der Waals surface area contributed by atoms with Crippen LogP contribution in [0.3, 0.4) is 0 Å². The van der Waals surface area contributed by atoms with Gasteiger partial charge in [-0.3, -0.25) is 24.5 Å². The van der Waals surface area contributed by atoms with Crippen molar-refractivity contribution in [2.45, 2.75) is 137 Å². The molecule has 11 nitrogen and oxygen atoms in total. The van der Waals surface area contributed by atoms with Crippen molar-refractivity contribution in [1.29, 1.82) is 0 Å². The molecule has 0 aromatic heterocycles. The van der Waals surface area contributed by atoms with Crippen molar-refractivity contribution in [3.63, 3.8) is 0 Å². The van der Waals surface area contributed by atoms with Gasteiger partial charge >= 0.3 is 5.91 Å². The molecule has 2 heterocycles. The molecular weight excluding hydrogens is 717 g/mol. The van der Waals surface area contributed by atoms with E-state index in [1.807, 2.05) is 92.6 Å². The van der Waals surface area contributed by atoms with Gasteiger partial charge in [-0.1, -0.05) is 114 Å². The van der Waals surface area contributed by atoms with Crippen LogP contribution >= 0.6 is 0 Å². The highest BCUT2D eigenvalue weighted by Crippen LogP contribution is 2.34. The number of rotatable bonds is 14. The molecule has 2 aliphatic heterocycles. The van der Waals surface area contributed by atoms with Crippen molar-refractivity contribution in [1.82, 2.24) is 26.2 Å². The second kappa shape index (κ2) is 18.6. The highest BCUT2D eigenvalue weighted by molar-refractivity contribution is 6.05. The summed E-state index contributed by atoms with van der Waals surface area (Å²) >= 11 is 0. The Hall–Kier alpha value is -4.19. The zero-order valence-corrected chi connectivity index (χ0v) is 36.5. The first-order valence-electron chi connectivity index (χ1n) is 20.7. The number of imide groups is 1. The Balaban J connectivity index is 1.54. The van der Waals surface area contributed by atoms with Crippen molar-refractivity contribution in [2.75, 3.05) is 27.2 Å². The fourth-order valence-electron chi connectivity index (χ4n) is 8.91. The van der Waals surface area contributed by atoms with Crippen molar-refractivity contribution < 1.29 is 28.5 Å². The number of carbonyl (C=O) groups is 5. The number of hydrogen-bond acceptors (Lipinski definition) is 7. The number of amides is 5. The molecule has 2 saturated heterocycles. The van der Waals surface area contributed by atoms with Gasteiger partial charge in [0.05, 0.1) is 18.6 Å². The molecule has 312 valence electrons. The van der Waals surface area contributed by atoms with Gasteiger partial charge in [-0.15, -0.1) is 0 Å². The van der Waals surface area contributed by atoms with Crippen LogP contribution in [0.2, 0.25) is 0 Å².